The van der Waals surface area contributed by atoms with Gasteiger partial charge in [-0.2, -0.15) is 35.1 Å². The average Bonchev–Trinajstić information content (AvgIpc) is 3.33. The Labute approximate surface area is 461 Å². The lowest BCUT2D eigenvalue weighted by molar-refractivity contribution is -0.253. The van der Waals surface area contributed by atoms with Crippen LogP contribution in [0.2, 0.25) is 10.0 Å². The summed E-state index contributed by atoms with van der Waals surface area (Å²) in [6.07, 6.45) is -16.7. The number of rotatable bonds is 22. The molecule has 0 aliphatic heterocycles. The van der Waals surface area contributed by atoms with Gasteiger partial charge in [0.2, 0.25) is 5.91 Å². The number of hydrogen-bond donors (Lipinski definition) is 6. The minimum atomic E-state index is -4.93. The predicted molar refractivity (Wildman–Crippen MR) is 274 cm³/mol. The van der Waals surface area contributed by atoms with Crippen molar-refractivity contribution < 1.29 is 77.7 Å². The molecule has 2 heterocycles. The molecule has 4 aromatic carbocycles. The van der Waals surface area contributed by atoms with Gasteiger partial charge in [-0.3, -0.25) is 19.6 Å². The molecule has 14 nitrogen and oxygen atoms in total. The van der Waals surface area contributed by atoms with Gasteiger partial charge < -0.3 is 41.6 Å². The van der Waals surface area contributed by atoms with E-state index in [2.05, 4.69) is 40.7 Å². The van der Waals surface area contributed by atoms with Crippen molar-refractivity contribution in [2.75, 3.05) is 0 Å². The van der Waals surface area contributed by atoms with Crippen LogP contribution in [-0.4, -0.2) is 75.2 Å². The standard InChI is InChI=1S/C27H26ClF5N4O3.C27H25ClF5N3O4/c1-25(2,14-22(34)38)36-24(39)37-26(13-16-6-4-3-5-7-16,21-9-8-18(28)15-35-21)17-10-19(29)12-20(11-17)40-27(32,33)23(30)31;1-25(2,14-22(37)38)35-24(39)36-26(13-16-6-4-3-5-7-16,21-9-8-18(28)15-34-21)17-10-19(29)12-20(11-17)40-27(32,33)23(30)31/h3-12,15,23H,13-14H2,1-2H3,(H2,34,38)(H2,36,37,39);3-12,15,23H,13-14H2,1-2H3,(H,37,38)(H2,35,36,39)/t2*26-/m00/s1. The molecule has 0 radical (unpaired) electrons. The zero-order chi connectivity index (χ0) is 59.4. The topological polar surface area (TPSA) is 207 Å². The van der Waals surface area contributed by atoms with E-state index in [1.54, 1.807) is 60.7 Å². The number of carboxylic acid groups (broad SMARTS) is 1. The maximum absolute atomic E-state index is 14.9. The third-order valence-corrected chi connectivity index (χ3v) is 11.9. The molecule has 428 valence electrons. The number of primary amides is 1. The van der Waals surface area contributed by atoms with Crippen molar-refractivity contribution in [3.63, 3.8) is 0 Å². The Balaban J connectivity index is 0.000000294. The molecule has 0 unspecified atom stereocenters. The molecule has 5 amide bonds. The number of amides is 5. The number of nitrogens with two attached hydrogens (primary N) is 1. The Hall–Kier alpha value is -7.86. The lowest BCUT2D eigenvalue weighted by Gasteiger charge is -2.37. The Bertz CT molecular complexity index is 2890. The first kappa shape index (κ1) is 63.0. The van der Waals surface area contributed by atoms with E-state index in [-0.39, 0.29) is 51.8 Å². The Morgan fingerprint density at radius 3 is 1.24 bits per heavy atom. The SMILES string of the molecule is CC(C)(CC(=O)O)NC(=O)N[C@@](Cc1ccccc1)(c1cc(F)cc(OC(F)(F)C(F)F)c1)c1ccc(Cl)cn1.CC(C)(CC(N)=O)NC(=O)N[C@@](Cc1ccccc1)(c1cc(F)cc(OC(F)(F)C(F)F)c1)c1ccc(Cl)cn1. The zero-order valence-electron chi connectivity index (χ0n) is 42.6. The van der Waals surface area contributed by atoms with Crippen LogP contribution in [0.15, 0.2) is 134 Å². The number of alkyl halides is 8. The second-order valence-electron chi connectivity index (χ2n) is 19.3. The van der Waals surface area contributed by atoms with Crippen LogP contribution in [0, 0.1) is 11.6 Å². The van der Waals surface area contributed by atoms with Crippen molar-refractivity contribution in [2.24, 2.45) is 5.73 Å². The molecule has 80 heavy (non-hydrogen) atoms. The fourth-order valence-corrected chi connectivity index (χ4v) is 8.43. The highest BCUT2D eigenvalue weighted by Gasteiger charge is 2.47. The van der Waals surface area contributed by atoms with E-state index in [0.29, 0.717) is 23.3 Å². The summed E-state index contributed by atoms with van der Waals surface area (Å²) in [5, 5.41) is 20.2. The normalized spacial score (nSPS) is 13.4. The zero-order valence-corrected chi connectivity index (χ0v) is 44.1. The second kappa shape index (κ2) is 25.9. The van der Waals surface area contributed by atoms with Crippen molar-refractivity contribution in [1.29, 1.82) is 0 Å². The summed E-state index contributed by atoms with van der Waals surface area (Å²) in [5.74, 6) is -5.96. The maximum Gasteiger partial charge on any atom is 0.461 e. The highest BCUT2D eigenvalue weighted by Crippen LogP contribution is 2.40. The van der Waals surface area contributed by atoms with Crippen LogP contribution in [0.3, 0.4) is 0 Å². The summed E-state index contributed by atoms with van der Waals surface area (Å²) in [4.78, 5) is 58.1. The maximum atomic E-state index is 14.9. The number of urea groups is 2. The highest BCUT2D eigenvalue weighted by molar-refractivity contribution is 6.30. The number of nitrogens with zero attached hydrogens (tertiary/aromatic N) is 2. The lowest BCUT2D eigenvalue weighted by atomic mass is 9.80. The molecule has 2 aromatic heterocycles. The first-order valence-corrected chi connectivity index (χ1v) is 24.3. The number of nitrogens with one attached hydrogen (secondary N) is 4. The van der Waals surface area contributed by atoms with Gasteiger partial charge >= 0.3 is 43.1 Å². The molecule has 0 bridgehead atoms. The number of aliphatic carboxylic acids is 1. The fourth-order valence-electron chi connectivity index (χ4n) is 8.21. The third kappa shape index (κ3) is 17.6. The van der Waals surface area contributed by atoms with Gasteiger partial charge in [0.05, 0.1) is 27.9 Å². The molecule has 0 aliphatic rings. The van der Waals surface area contributed by atoms with E-state index >= 15 is 0 Å². The van der Waals surface area contributed by atoms with E-state index in [1.807, 2.05) is 0 Å². The van der Waals surface area contributed by atoms with E-state index in [9.17, 15) is 68.2 Å². The molecular weight excluding hydrogens is 1120 g/mol. The molecular formula is C54H51Cl2F10N7O7. The number of carbonyl (C=O) groups is 4. The van der Waals surface area contributed by atoms with E-state index in [0.717, 1.165) is 24.3 Å². The Morgan fingerprint density at radius 2 is 0.925 bits per heavy atom. The smallest absolute Gasteiger partial charge is 0.461 e. The quantitative estimate of drug-likeness (QED) is 0.0357. The number of benzene rings is 4. The van der Waals surface area contributed by atoms with E-state index in [4.69, 9.17) is 28.9 Å². The monoisotopic (exact) mass is 1170 g/mol. The van der Waals surface area contributed by atoms with Gasteiger partial charge in [-0.05, 0) is 98.5 Å². The van der Waals surface area contributed by atoms with Crippen LogP contribution >= 0.6 is 23.2 Å². The number of ether oxygens (including phenoxy) is 2. The van der Waals surface area contributed by atoms with E-state index in [1.165, 1.54) is 64.4 Å². The van der Waals surface area contributed by atoms with Crippen molar-refractivity contribution in [1.82, 2.24) is 31.2 Å². The summed E-state index contributed by atoms with van der Waals surface area (Å²) in [6, 6.07) is 25.6. The molecule has 7 N–H and O–H groups in total. The number of aromatic nitrogens is 2. The number of carboxylic acids is 1. The van der Waals surface area contributed by atoms with Gasteiger partial charge in [0.1, 0.15) is 34.2 Å². The van der Waals surface area contributed by atoms with Crippen molar-refractivity contribution in [3.8, 4) is 11.5 Å². The molecule has 6 rings (SSSR count). The van der Waals surface area contributed by atoms with E-state index < -0.39 is 101 Å². The second-order valence-corrected chi connectivity index (χ2v) is 20.2. The predicted octanol–water partition coefficient (Wildman–Crippen LogP) is 11.7. The van der Waals surface area contributed by atoms with Crippen LogP contribution in [0.1, 0.15) is 74.2 Å². The Morgan fingerprint density at radius 1 is 0.562 bits per heavy atom. The average molecular weight is 1170 g/mol. The van der Waals surface area contributed by atoms with Crippen molar-refractivity contribution >= 4 is 47.1 Å². The molecule has 6 aromatic rings. The first-order chi connectivity index (χ1) is 37.2. The van der Waals surface area contributed by atoms with Crippen LogP contribution in [-0.2, 0) is 33.5 Å². The largest absolute Gasteiger partial charge is 0.481 e. The number of carbonyl (C=O) groups excluding carboxylic acids is 3. The summed E-state index contributed by atoms with van der Waals surface area (Å²) in [5.41, 5.74) is 0.291. The van der Waals surface area contributed by atoms with Gasteiger partial charge in [0, 0.05) is 54.9 Å². The number of hydrogen-bond acceptors (Lipinski definition) is 8. The van der Waals surface area contributed by atoms with Crippen molar-refractivity contribution in [2.45, 2.75) is 101 Å². The van der Waals surface area contributed by atoms with Gasteiger partial charge in [-0.15, -0.1) is 0 Å². The minimum absolute atomic E-state index is 0.0733. The first-order valence-electron chi connectivity index (χ1n) is 23.6. The molecule has 0 saturated carbocycles. The van der Waals surface area contributed by atoms with Crippen molar-refractivity contribution in [3.05, 3.63) is 189 Å². The third-order valence-electron chi connectivity index (χ3n) is 11.5. The van der Waals surface area contributed by atoms with Gasteiger partial charge in [0.25, 0.3) is 0 Å². The Kier molecular flexibility index (Phi) is 20.4. The highest BCUT2D eigenvalue weighted by atomic mass is 35.5. The number of halogens is 12. The lowest BCUT2D eigenvalue weighted by Crippen LogP contribution is -2.57. The van der Waals surface area contributed by atoms with Crippen LogP contribution in [0.5, 0.6) is 11.5 Å². The molecule has 0 fully saturated rings. The van der Waals surface area contributed by atoms with Crippen LogP contribution in [0.4, 0.5) is 53.5 Å². The molecule has 0 aliphatic carbocycles. The molecule has 26 heteroatoms. The van der Waals surface area contributed by atoms with Gasteiger partial charge in [-0.25, -0.2) is 18.4 Å². The summed E-state index contributed by atoms with van der Waals surface area (Å²) in [6.45, 7) is 6.00. The minimum Gasteiger partial charge on any atom is -0.481 e. The van der Waals surface area contributed by atoms with Crippen LogP contribution < -0.4 is 36.5 Å². The summed E-state index contributed by atoms with van der Waals surface area (Å²) >= 11 is 12.0. The molecule has 0 spiro atoms. The van der Waals surface area contributed by atoms with Gasteiger partial charge in [0.15, 0.2) is 0 Å². The molecule has 2 atom stereocenters. The summed E-state index contributed by atoms with van der Waals surface area (Å²) < 4.78 is 145. The molecule has 0 saturated heterocycles. The summed E-state index contributed by atoms with van der Waals surface area (Å²) in [7, 11) is 0. The van der Waals surface area contributed by atoms with Crippen LogP contribution in [0.25, 0.3) is 0 Å². The fraction of sp³-hybridized carbons (Fsp3) is 0.296. The van der Waals surface area contributed by atoms with Gasteiger partial charge in [-0.1, -0.05) is 83.9 Å². The number of pyridine rings is 2.